The van der Waals surface area contributed by atoms with Crippen LogP contribution in [0.15, 0.2) is 29.2 Å². The SMILES string of the molecule is CCCC(CN)Nc1ccccc1S(=O)(=O)NC(C)C. The Kier molecular flexibility index (Phi) is 6.45. The fraction of sp³-hybridized carbons (Fsp3) is 0.571. The standard InChI is InChI=1S/C14H25N3O2S/c1-4-7-12(10-15)16-13-8-5-6-9-14(13)20(18,19)17-11(2)3/h5-6,8-9,11-12,16-17H,4,7,10,15H2,1-3H3. The maximum atomic E-state index is 12.3. The van der Waals surface area contributed by atoms with E-state index in [1.54, 1.807) is 32.0 Å². The van der Waals surface area contributed by atoms with Crippen molar-refractivity contribution in [1.29, 1.82) is 0 Å². The molecule has 4 N–H and O–H groups in total. The van der Waals surface area contributed by atoms with Crippen LogP contribution in [0.2, 0.25) is 0 Å². The van der Waals surface area contributed by atoms with Crippen LogP contribution in [0, 0.1) is 0 Å². The van der Waals surface area contributed by atoms with Crippen LogP contribution < -0.4 is 15.8 Å². The van der Waals surface area contributed by atoms with Gasteiger partial charge in [0.15, 0.2) is 0 Å². The fourth-order valence-corrected chi connectivity index (χ4v) is 3.43. The summed E-state index contributed by atoms with van der Waals surface area (Å²) in [5, 5.41) is 3.23. The Morgan fingerprint density at radius 1 is 1.25 bits per heavy atom. The van der Waals surface area contributed by atoms with Crippen molar-refractivity contribution >= 4 is 15.7 Å². The van der Waals surface area contributed by atoms with E-state index in [2.05, 4.69) is 17.0 Å². The molecule has 1 unspecified atom stereocenters. The van der Waals surface area contributed by atoms with E-state index in [4.69, 9.17) is 5.73 Å². The number of hydrogen-bond donors (Lipinski definition) is 3. The van der Waals surface area contributed by atoms with Gasteiger partial charge in [0.25, 0.3) is 0 Å². The topological polar surface area (TPSA) is 84.2 Å². The average Bonchev–Trinajstić information content (AvgIpc) is 2.37. The maximum Gasteiger partial charge on any atom is 0.242 e. The van der Waals surface area contributed by atoms with Crippen LogP contribution in [0.25, 0.3) is 0 Å². The highest BCUT2D eigenvalue weighted by Crippen LogP contribution is 2.22. The van der Waals surface area contributed by atoms with Crippen LogP contribution in [0.1, 0.15) is 33.6 Å². The predicted octanol–water partition coefficient (Wildman–Crippen LogP) is 1.91. The zero-order chi connectivity index (χ0) is 15.2. The van der Waals surface area contributed by atoms with E-state index in [-0.39, 0.29) is 17.0 Å². The third kappa shape index (κ3) is 4.77. The van der Waals surface area contributed by atoms with Gasteiger partial charge in [-0.05, 0) is 32.4 Å². The summed E-state index contributed by atoms with van der Waals surface area (Å²) in [6.07, 6.45) is 1.90. The molecule has 0 aromatic heterocycles. The molecule has 0 aliphatic carbocycles. The monoisotopic (exact) mass is 299 g/mol. The summed E-state index contributed by atoms with van der Waals surface area (Å²) < 4.78 is 27.2. The molecule has 20 heavy (non-hydrogen) atoms. The first-order valence-electron chi connectivity index (χ1n) is 6.98. The van der Waals surface area contributed by atoms with Gasteiger partial charge in [-0.2, -0.15) is 0 Å². The Balaban J connectivity index is 3.04. The third-order valence-electron chi connectivity index (χ3n) is 2.85. The van der Waals surface area contributed by atoms with E-state index >= 15 is 0 Å². The first-order valence-corrected chi connectivity index (χ1v) is 8.47. The second kappa shape index (κ2) is 7.61. The Morgan fingerprint density at radius 3 is 2.45 bits per heavy atom. The molecule has 0 amide bonds. The number of nitrogens with one attached hydrogen (secondary N) is 2. The lowest BCUT2D eigenvalue weighted by molar-refractivity contribution is 0.569. The highest BCUT2D eigenvalue weighted by atomic mass is 32.2. The summed E-state index contributed by atoms with van der Waals surface area (Å²) in [6.45, 7) is 6.15. The van der Waals surface area contributed by atoms with Crippen molar-refractivity contribution in [3.05, 3.63) is 24.3 Å². The first-order chi connectivity index (χ1) is 9.40. The lowest BCUT2D eigenvalue weighted by Gasteiger charge is -2.20. The molecule has 6 heteroatoms. The van der Waals surface area contributed by atoms with Crippen LogP contribution in [-0.4, -0.2) is 27.0 Å². The highest BCUT2D eigenvalue weighted by Gasteiger charge is 2.20. The van der Waals surface area contributed by atoms with Gasteiger partial charge >= 0.3 is 0 Å². The van der Waals surface area contributed by atoms with Gasteiger partial charge in [-0.3, -0.25) is 0 Å². The molecular formula is C14H25N3O2S. The molecular weight excluding hydrogens is 274 g/mol. The van der Waals surface area contributed by atoms with Gasteiger partial charge < -0.3 is 11.1 Å². The van der Waals surface area contributed by atoms with Gasteiger partial charge in [0.05, 0.1) is 5.69 Å². The van der Waals surface area contributed by atoms with Gasteiger partial charge in [-0.1, -0.05) is 25.5 Å². The zero-order valence-corrected chi connectivity index (χ0v) is 13.2. The van der Waals surface area contributed by atoms with E-state index in [9.17, 15) is 8.42 Å². The van der Waals surface area contributed by atoms with Crippen molar-refractivity contribution < 1.29 is 8.42 Å². The molecule has 0 spiro atoms. The summed E-state index contributed by atoms with van der Waals surface area (Å²) >= 11 is 0. The summed E-state index contributed by atoms with van der Waals surface area (Å²) in [4.78, 5) is 0.267. The van der Waals surface area contributed by atoms with Crippen LogP contribution in [0.4, 0.5) is 5.69 Å². The van der Waals surface area contributed by atoms with Gasteiger partial charge in [0.2, 0.25) is 10.0 Å². The molecule has 0 aliphatic rings. The van der Waals surface area contributed by atoms with Crippen molar-refractivity contribution in [2.45, 2.75) is 50.6 Å². The molecule has 0 heterocycles. The number of nitrogens with two attached hydrogens (primary N) is 1. The Labute approximate surface area is 122 Å². The van der Waals surface area contributed by atoms with Crippen LogP contribution in [0.3, 0.4) is 0 Å². The summed E-state index contributed by atoms with van der Waals surface area (Å²) in [6, 6.07) is 6.84. The number of hydrogen-bond acceptors (Lipinski definition) is 4. The Bertz CT molecular complexity index is 515. The summed E-state index contributed by atoms with van der Waals surface area (Å²) in [5.41, 5.74) is 6.32. The number of para-hydroxylation sites is 1. The smallest absolute Gasteiger partial charge is 0.242 e. The zero-order valence-electron chi connectivity index (χ0n) is 12.4. The molecule has 1 aromatic carbocycles. The fourth-order valence-electron chi connectivity index (χ4n) is 2.01. The van der Waals surface area contributed by atoms with Gasteiger partial charge in [-0.25, -0.2) is 13.1 Å². The number of anilines is 1. The van der Waals surface area contributed by atoms with Crippen molar-refractivity contribution in [3.63, 3.8) is 0 Å². The molecule has 0 saturated carbocycles. The van der Waals surface area contributed by atoms with Gasteiger partial charge in [0, 0.05) is 18.6 Å². The molecule has 0 radical (unpaired) electrons. The predicted molar refractivity (Wildman–Crippen MR) is 83.3 cm³/mol. The number of sulfonamides is 1. The van der Waals surface area contributed by atoms with Crippen LogP contribution in [0.5, 0.6) is 0 Å². The van der Waals surface area contributed by atoms with Crippen molar-refractivity contribution in [2.24, 2.45) is 5.73 Å². The quantitative estimate of drug-likeness (QED) is 0.684. The van der Waals surface area contributed by atoms with E-state index in [1.807, 2.05) is 6.07 Å². The number of benzene rings is 1. The minimum atomic E-state index is -3.51. The molecule has 1 aromatic rings. The molecule has 0 saturated heterocycles. The summed E-state index contributed by atoms with van der Waals surface area (Å²) in [5.74, 6) is 0. The van der Waals surface area contributed by atoms with E-state index in [0.29, 0.717) is 12.2 Å². The van der Waals surface area contributed by atoms with Crippen LogP contribution >= 0.6 is 0 Å². The van der Waals surface area contributed by atoms with Crippen molar-refractivity contribution in [3.8, 4) is 0 Å². The molecule has 0 fully saturated rings. The molecule has 0 aliphatic heterocycles. The third-order valence-corrected chi connectivity index (χ3v) is 4.57. The molecule has 5 nitrogen and oxygen atoms in total. The van der Waals surface area contributed by atoms with Gasteiger partial charge in [0.1, 0.15) is 4.90 Å². The van der Waals surface area contributed by atoms with Gasteiger partial charge in [-0.15, -0.1) is 0 Å². The number of rotatable bonds is 8. The Morgan fingerprint density at radius 2 is 1.90 bits per heavy atom. The van der Waals surface area contributed by atoms with Crippen molar-refractivity contribution in [1.82, 2.24) is 4.72 Å². The van der Waals surface area contributed by atoms with E-state index in [0.717, 1.165) is 12.8 Å². The first kappa shape index (κ1) is 16.9. The molecule has 1 rings (SSSR count). The lowest BCUT2D eigenvalue weighted by atomic mass is 10.1. The second-order valence-electron chi connectivity index (χ2n) is 5.14. The largest absolute Gasteiger partial charge is 0.380 e. The summed E-state index contributed by atoms with van der Waals surface area (Å²) in [7, 11) is -3.51. The Hall–Kier alpha value is -1.11. The molecule has 114 valence electrons. The molecule has 1 atom stereocenters. The average molecular weight is 299 g/mol. The van der Waals surface area contributed by atoms with E-state index < -0.39 is 10.0 Å². The maximum absolute atomic E-state index is 12.3. The minimum Gasteiger partial charge on any atom is -0.380 e. The molecule has 0 bridgehead atoms. The minimum absolute atomic E-state index is 0.0791. The van der Waals surface area contributed by atoms with Crippen molar-refractivity contribution in [2.75, 3.05) is 11.9 Å². The van der Waals surface area contributed by atoms with Crippen LogP contribution in [-0.2, 0) is 10.0 Å². The highest BCUT2D eigenvalue weighted by molar-refractivity contribution is 7.89. The second-order valence-corrected chi connectivity index (χ2v) is 6.82. The normalized spacial score (nSPS) is 13.4. The van der Waals surface area contributed by atoms with E-state index in [1.165, 1.54) is 0 Å². The lowest BCUT2D eigenvalue weighted by Crippen LogP contribution is -2.33.